The summed E-state index contributed by atoms with van der Waals surface area (Å²) >= 11 is 1.32. The second-order valence-electron chi connectivity index (χ2n) is 15.8. The lowest BCUT2D eigenvalue weighted by Gasteiger charge is -2.41. The number of nitrogens with one attached hydrogen (secondary N) is 3. The Balaban J connectivity index is 0.000000221. The Morgan fingerprint density at radius 3 is 2.40 bits per heavy atom. The minimum absolute atomic E-state index is 0.0244. The van der Waals surface area contributed by atoms with E-state index in [1.807, 2.05) is 30.7 Å². The van der Waals surface area contributed by atoms with Gasteiger partial charge < -0.3 is 23.9 Å². The first kappa shape index (κ1) is 43.8. The molecule has 0 radical (unpaired) electrons. The van der Waals surface area contributed by atoms with Crippen molar-refractivity contribution in [1.29, 1.82) is 10.8 Å². The van der Waals surface area contributed by atoms with E-state index in [1.54, 1.807) is 27.7 Å². The minimum atomic E-state index is -0.157. The number of pyridine rings is 2. The molecule has 0 spiro atoms. The van der Waals surface area contributed by atoms with Crippen LogP contribution in [0.5, 0.6) is 11.5 Å². The zero-order valence-corrected chi connectivity index (χ0v) is 36.3. The number of anilines is 1. The second kappa shape index (κ2) is 20.4. The van der Waals surface area contributed by atoms with Crippen molar-refractivity contribution >= 4 is 39.6 Å². The van der Waals surface area contributed by atoms with Gasteiger partial charge in [-0.2, -0.15) is 5.10 Å². The number of carbonyl (C=O) groups is 1. The molecule has 3 N–H and O–H groups in total. The van der Waals surface area contributed by atoms with Gasteiger partial charge in [0.2, 0.25) is 11.9 Å². The molecule has 6 rings (SSSR count). The lowest BCUT2D eigenvalue weighted by molar-refractivity contribution is -0.114. The van der Waals surface area contributed by atoms with Crippen molar-refractivity contribution in [2.24, 2.45) is 0 Å². The van der Waals surface area contributed by atoms with Crippen LogP contribution in [0.25, 0.3) is 5.69 Å². The first-order valence-electron chi connectivity index (χ1n) is 20.0. The molecule has 4 aromatic rings. The SMILES string of the molecule is CCC[C@H]1CC[C@@H](Oc2ccc(=N)n(C(=N)N3[C@H](C)CCC[C@@H]3C)c2)c2ccccc21.CSSOCCOc1cncc(-n2nc(C(C)(C)C)cc2NC(C)=O)c1. The quantitative estimate of drug-likeness (QED) is 0.0419. The number of aromatic nitrogens is 4. The molecule has 1 saturated heterocycles. The third-order valence-electron chi connectivity index (χ3n) is 10.3. The van der Waals surface area contributed by atoms with E-state index in [9.17, 15) is 4.79 Å². The van der Waals surface area contributed by atoms with Crippen LogP contribution in [0, 0.1) is 10.8 Å². The van der Waals surface area contributed by atoms with E-state index in [2.05, 4.69) is 86.1 Å². The van der Waals surface area contributed by atoms with Crippen LogP contribution >= 0.6 is 21.9 Å². The zero-order valence-electron chi connectivity index (χ0n) is 34.7. The third-order valence-corrected chi connectivity index (χ3v) is 11.4. The summed E-state index contributed by atoms with van der Waals surface area (Å²) in [6, 6.07) is 16.7. The van der Waals surface area contributed by atoms with Gasteiger partial charge in [0.15, 0.2) is 0 Å². The third kappa shape index (κ3) is 11.7. The summed E-state index contributed by atoms with van der Waals surface area (Å²) in [6.45, 7) is 15.2. The standard InChI is InChI=1S/C26H36N4O.C17H24N4O3S2/c1-4-8-20-13-15-24(23-12-6-5-11-22(20)23)31-21-14-16-25(27)29(17-21)26(28)30-18(2)9-7-10-19(30)3;1-12(22)19-16-9-15(17(2,3)4)20-21(16)13-8-14(11-18-10-13)23-6-7-24-26-25-5/h5-6,11-12,14,16-20,24,27-28H,4,7-10,13,15H2,1-3H3;8-11H,6-7H2,1-5H3,(H,19,22)/t18-,19+,20-,24+;/m0./s1. The number of benzene rings is 1. The molecule has 4 atom stereocenters. The lowest BCUT2D eigenvalue weighted by atomic mass is 9.79. The monoisotopic (exact) mass is 816 g/mol. The fourth-order valence-corrected chi connectivity index (χ4v) is 8.28. The number of nitrogens with zero attached hydrogens (tertiary/aromatic N) is 5. The Labute approximate surface area is 346 Å². The Morgan fingerprint density at radius 1 is 0.982 bits per heavy atom. The molecular formula is C43H60N8O4S2. The number of likely N-dealkylation sites (tertiary alicyclic amines) is 1. The highest BCUT2D eigenvalue weighted by Crippen LogP contribution is 2.41. The van der Waals surface area contributed by atoms with E-state index in [-0.39, 0.29) is 17.4 Å². The van der Waals surface area contributed by atoms with Crippen LogP contribution in [0.1, 0.15) is 122 Å². The molecule has 1 fully saturated rings. The highest BCUT2D eigenvalue weighted by Gasteiger charge is 2.30. The predicted molar refractivity (Wildman–Crippen MR) is 232 cm³/mol. The van der Waals surface area contributed by atoms with Crippen molar-refractivity contribution < 1.29 is 18.5 Å². The smallest absolute Gasteiger partial charge is 0.222 e. The Hall–Kier alpha value is -4.27. The molecule has 1 amide bonds. The van der Waals surface area contributed by atoms with Crippen LogP contribution in [-0.4, -0.2) is 67.7 Å². The molecule has 1 aromatic carbocycles. The molecular weight excluding hydrogens is 757 g/mol. The van der Waals surface area contributed by atoms with E-state index in [0.717, 1.165) is 37.1 Å². The number of carbonyl (C=O) groups excluding carboxylic acids is 1. The molecule has 2 aliphatic rings. The van der Waals surface area contributed by atoms with E-state index in [4.69, 9.17) is 24.5 Å². The van der Waals surface area contributed by atoms with Gasteiger partial charge >= 0.3 is 0 Å². The van der Waals surface area contributed by atoms with Gasteiger partial charge in [-0.3, -0.25) is 25.2 Å². The van der Waals surface area contributed by atoms with Crippen LogP contribution in [0.2, 0.25) is 0 Å². The zero-order chi connectivity index (χ0) is 41.1. The molecule has 14 heteroatoms. The fourth-order valence-electron chi connectivity index (χ4n) is 7.56. The summed E-state index contributed by atoms with van der Waals surface area (Å²) in [6.07, 6.45) is 15.1. The van der Waals surface area contributed by atoms with Crippen LogP contribution in [0.3, 0.4) is 0 Å². The van der Waals surface area contributed by atoms with Gasteiger partial charge in [-0.05, 0) is 87.8 Å². The number of amides is 1. The van der Waals surface area contributed by atoms with Crippen molar-refractivity contribution in [2.45, 2.75) is 123 Å². The highest BCUT2D eigenvalue weighted by molar-refractivity contribution is 8.74. The summed E-state index contributed by atoms with van der Waals surface area (Å²) in [5.74, 6) is 2.78. The first-order valence-corrected chi connectivity index (χ1v) is 22.5. The number of fused-ring (bicyclic) bond motifs is 1. The molecule has 3 aromatic heterocycles. The average molecular weight is 817 g/mol. The topological polar surface area (TPSA) is 143 Å². The normalized spacial score (nSPS) is 19.2. The number of piperidine rings is 1. The van der Waals surface area contributed by atoms with Crippen molar-refractivity contribution in [3.8, 4) is 17.2 Å². The van der Waals surface area contributed by atoms with Crippen molar-refractivity contribution in [3.63, 3.8) is 0 Å². The van der Waals surface area contributed by atoms with E-state index in [1.165, 1.54) is 59.2 Å². The van der Waals surface area contributed by atoms with Crippen molar-refractivity contribution in [2.75, 3.05) is 24.8 Å². The van der Waals surface area contributed by atoms with Crippen LogP contribution in [0.15, 0.2) is 67.1 Å². The molecule has 1 aliphatic heterocycles. The number of hydrogen-bond donors (Lipinski definition) is 3. The van der Waals surface area contributed by atoms with Crippen LogP contribution in [-0.2, 0) is 14.4 Å². The molecule has 0 bridgehead atoms. The molecule has 57 heavy (non-hydrogen) atoms. The van der Waals surface area contributed by atoms with E-state index < -0.39 is 0 Å². The Morgan fingerprint density at radius 2 is 1.72 bits per heavy atom. The van der Waals surface area contributed by atoms with Gasteiger partial charge in [-0.25, -0.2) is 4.68 Å². The average Bonchev–Trinajstić information content (AvgIpc) is 3.61. The minimum Gasteiger partial charge on any atom is -0.489 e. The Kier molecular flexibility index (Phi) is 15.7. The summed E-state index contributed by atoms with van der Waals surface area (Å²) in [7, 11) is 1.54. The summed E-state index contributed by atoms with van der Waals surface area (Å²) in [4.78, 5) is 17.9. The number of hydrogen-bond acceptors (Lipinski definition) is 10. The summed E-state index contributed by atoms with van der Waals surface area (Å²) in [5.41, 5.74) is 4.47. The molecule has 0 unspecified atom stereocenters. The molecule has 4 heterocycles. The van der Waals surface area contributed by atoms with Crippen molar-refractivity contribution in [3.05, 3.63) is 89.4 Å². The van der Waals surface area contributed by atoms with E-state index in [0.29, 0.717) is 59.9 Å². The van der Waals surface area contributed by atoms with Gasteiger partial charge in [0, 0.05) is 36.6 Å². The Bertz CT molecular complexity index is 2000. The van der Waals surface area contributed by atoms with Gasteiger partial charge in [-0.15, -0.1) is 0 Å². The number of rotatable bonds is 12. The van der Waals surface area contributed by atoms with Gasteiger partial charge in [0.05, 0.1) is 47.7 Å². The number of ether oxygens (including phenoxy) is 2. The van der Waals surface area contributed by atoms with Gasteiger partial charge in [-0.1, -0.05) is 69.2 Å². The first-order chi connectivity index (χ1) is 27.3. The van der Waals surface area contributed by atoms with Crippen molar-refractivity contribution in [1.82, 2.24) is 24.2 Å². The largest absolute Gasteiger partial charge is 0.489 e. The molecule has 0 saturated carbocycles. The second-order valence-corrected chi connectivity index (χ2v) is 17.9. The molecule has 308 valence electrons. The van der Waals surface area contributed by atoms with E-state index >= 15 is 0 Å². The predicted octanol–water partition coefficient (Wildman–Crippen LogP) is 9.66. The van der Waals surface area contributed by atoms with Gasteiger partial charge in [0.1, 0.15) is 35.5 Å². The summed E-state index contributed by atoms with van der Waals surface area (Å²) < 4.78 is 20.8. The molecule has 12 nitrogen and oxygen atoms in total. The maximum atomic E-state index is 11.5. The maximum Gasteiger partial charge on any atom is 0.222 e. The fraction of sp³-hybridized carbons (Fsp3) is 0.512. The van der Waals surface area contributed by atoms with Crippen LogP contribution < -0.4 is 20.3 Å². The van der Waals surface area contributed by atoms with Crippen LogP contribution in [0.4, 0.5) is 5.82 Å². The van der Waals surface area contributed by atoms with Gasteiger partial charge in [0.25, 0.3) is 0 Å². The summed E-state index contributed by atoms with van der Waals surface area (Å²) in [5, 5.41) is 24.7. The maximum absolute atomic E-state index is 11.5. The lowest BCUT2D eigenvalue weighted by Crippen LogP contribution is -2.51. The highest BCUT2D eigenvalue weighted by atomic mass is 33.1. The molecule has 1 aliphatic carbocycles.